The SMILES string of the molecule is [2H]OCc1cc(Cl)cc(COP(C)N(C(C)C)C(C)C)c1. The van der Waals surface area contributed by atoms with E-state index in [4.69, 9.17) is 17.6 Å². The summed E-state index contributed by atoms with van der Waals surface area (Å²) < 4.78 is 15.3. The molecule has 1 aromatic rings. The van der Waals surface area contributed by atoms with Crippen LogP contribution in [0, 0.1) is 0 Å². The second-order valence-corrected chi connectivity index (χ2v) is 7.50. The minimum atomic E-state index is -0.652. The minimum Gasteiger partial charge on any atom is -0.392 e. The van der Waals surface area contributed by atoms with Crippen LogP contribution in [0.5, 0.6) is 0 Å². The van der Waals surface area contributed by atoms with Crippen molar-refractivity contribution in [2.24, 2.45) is 0 Å². The zero-order chi connectivity index (χ0) is 16.0. The molecule has 0 aliphatic carbocycles. The molecule has 114 valence electrons. The second-order valence-electron chi connectivity index (χ2n) is 5.42. The van der Waals surface area contributed by atoms with Gasteiger partial charge in [0.2, 0.25) is 1.43 Å². The van der Waals surface area contributed by atoms with E-state index in [1.165, 1.54) is 0 Å². The Balaban J connectivity index is 2.69. The first-order valence-corrected chi connectivity index (χ1v) is 8.90. The number of nitrogens with zero attached hydrogens (tertiary/aromatic N) is 1. The highest BCUT2D eigenvalue weighted by Gasteiger charge is 2.21. The van der Waals surface area contributed by atoms with Gasteiger partial charge in [0.1, 0.15) is 8.30 Å². The first-order chi connectivity index (χ1) is 9.85. The van der Waals surface area contributed by atoms with Gasteiger partial charge in [0.05, 0.1) is 13.2 Å². The molecule has 0 bridgehead atoms. The average Bonchev–Trinajstić information content (AvgIpc) is 2.35. The molecule has 0 aromatic heterocycles. The fraction of sp³-hybridized carbons (Fsp3) is 0.600. The van der Waals surface area contributed by atoms with Gasteiger partial charge in [-0.05, 0) is 57.6 Å². The maximum atomic E-state index is 6.82. The molecule has 0 fully saturated rings. The van der Waals surface area contributed by atoms with Crippen LogP contribution in [-0.2, 0) is 17.7 Å². The van der Waals surface area contributed by atoms with E-state index < -0.39 is 8.30 Å². The normalized spacial score (nSPS) is 14.2. The Morgan fingerprint density at radius 2 is 1.85 bits per heavy atom. The zero-order valence-electron chi connectivity index (χ0n) is 13.9. The van der Waals surface area contributed by atoms with Gasteiger partial charge in [-0.3, -0.25) is 4.67 Å². The molecule has 0 radical (unpaired) electrons. The van der Waals surface area contributed by atoms with Crippen LogP contribution in [0.4, 0.5) is 0 Å². The molecule has 0 saturated heterocycles. The number of halogens is 1. The summed E-state index contributed by atoms with van der Waals surface area (Å²) in [6.07, 6.45) is 0. The average molecular weight is 319 g/mol. The highest BCUT2D eigenvalue weighted by atomic mass is 35.5. The summed E-state index contributed by atoms with van der Waals surface area (Å²) in [5.41, 5.74) is 1.90. The Labute approximate surface area is 130 Å². The standard InChI is InChI=1S/C15H25ClNO2P/c1-11(2)17(12(3)4)20(5)19-10-14-6-13(9-18)7-15(16)8-14/h6-8,11-12,18H,9-10H2,1-5H3/i18D. The number of hydrogen-bond donors (Lipinski definition) is 1. The van der Waals surface area contributed by atoms with Crippen LogP contribution >= 0.6 is 19.9 Å². The largest absolute Gasteiger partial charge is 0.392 e. The van der Waals surface area contributed by atoms with E-state index in [0.29, 0.717) is 23.7 Å². The zero-order valence-corrected chi connectivity index (χ0v) is 14.5. The van der Waals surface area contributed by atoms with Gasteiger partial charge >= 0.3 is 0 Å². The van der Waals surface area contributed by atoms with Crippen molar-refractivity contribution in [3.8, 4) is 0 Å². The van der Waals surface area contributed by atoms with E-state index in [2.05, 4.69) is 44.1 Å². The summed E-state index contributed by atoms with van der Waals surface area (Å²) in [6.45, 7) is 11.6. The molecule has 1 aromatic carbocycles. The molecule has 0 spiro atoms. The molecule has 3 nitrogen and oxygen atoms in total. The molecule has 1 rings (SSSR count). The van der Waals surface area contributed by atoms with Crippen molar-refractivity contribution >= 4 is 19.9 Å². The van der Waals surface area contributed by atoms with Crippen LogP contribution in [0.1, 0.15) is 38.8 Å². The minimum absolute atomic E-state index is 0.235. The van der Waals surface area contributed by atoms with Gasteiger partial charge in [-0.15, -0.1) is 0 Å². The third-order valence-electron chi connectivity index (χ3n) is 2.99. The van der Waals surface area contributed by atoms with E-state index in [1.807, 2.05) is 18.2 Å². The monoisotopic (exact) mass is 318 g/mol. The lowest BCUT2D eigenvalue weighted by Crippen LogP contribution is -2.32. The Kier molecular flexibility index (Phi) is 6.73. The molecule has 1 atom stereocenters. The Morgan fingerprint density at radius 1 is 1.25 bits per heavy atom. The highest BCUT2D eigenvalue weighted by molar-refractivity contribution is 7.49. The molecule has 0 saturated carbocycles. The second kappa shape index (κ2) is 8.31. The van der Waals surface area contributed by atoms with Gasteiger partial charge in [0, 0.05) is 17.1 Å². The molecule has 0 heterocycles. The van der Waals surface area contributed by atoms with Crippen molar-refractivity contribution < 1.29 is 9.63 Å². The molecule has 1 N–H and O–H groups in total. The van der Waals surface area contributed by atoms with Gasteiger partial charge in [-0.2, -0.15) is 0 Å². The van der Waals surface area contributed by atoms with Crippen molar-refractivity contribution in [2.75, 3.05) is 6.66 Å². The third kappa shape index (κ3) is 5.31. The summed E-state index contributed by atoms with van der Waals surface area (Å²) in [5.74, 6) is 0. The van der Waals surface area contributed by atoms with Crippen LogP contribution in [-0.4, -0.2) is 30.0 Å². The highest BCUT2D eigenvalue weighted by Crippen LogP contribution is 2.41. The maximum absolute atomic E-state index is 6.82. The van der Waals surface area contributed by atoms with Gasteiger partial charge in [-0.1, -0.05) is 17.7 Å². The lowest BCUT2D eigenvalue weighted by Gasteiger charge is -2.35. The van der Waals surface area contributed by atoms with E-state index in [9.17, 15) is 0 Å². The Hall–Kier alpha value is -0.180. The maximum Gasteiger partial charge on any atom is 0.211 e. The Morgan fingerprint density at radius 3 is 2.40 bits per heavy atom. The van der Waals surface area contributed by atoms with E-state index >= 15 is 0 Å². The number of aliphatic hydroxyl groups excluding tert-OH is 1. The van der Waals surface area contributed by atoms with Gasteiger partial charge in [0.15, 0.2) is 0 Å². The molecular weight excluding hydrogens is 293 g/mol. The summed E-state index contributed by atoms with van der Waals surface area (Å²) in [4.78, 5) is 0. The summed E-state index contributed by atoms with van der Waals surface area (Å²) >= 11 is 6.09. The Bertz CT molecular complexity index is 438. The third-order valence-corrected chi connectivity index (χ3v) is 5.28. The molecule has 0 amide bonds. The first kappa shape index (κ1) is 16.2. The van der Waals surface area contributed by atoms with Crippen molar-refractivity contribution in [2.45, 2.75) is 53.0 Å². The van der Waals surface area contributed by atoms with Crippen molar-refractivity contribution in [3.05, 3.63) is 34.3 Å². The lowest BCUT2D eigenvalue weighted by molar-refractivity contribution is 0.250. The number of hydrogen-bond acceptors (Lipinski definition) is 3. The van der Waals surface area contributed by atoms with Crippen LogP contribution in [0.25, 0.3) is 0 Å². The molecule has 0 aliphatic rings. The molecule has 1 unspecified atom stereocenters. The quantitative estimate of drug-likeness (QED) is 0.721. The van der Waals surface area contributed by atoms with Crippen molar-refractivity contribution in [3.63, 3.8) is 0 Å². The first-order valence-electron chi connectivity index (χ1n) is 7.27. The molecule has 5 heteroatoms. The van der Waals surface area contributed by atoms with E-state index in [0.717, 1.165) is 11.1 Å². The van der Waals surface area contributed by atoms with Crippen LogP contribution in [0.15, 0.2) is 18.2 Å². The van der Waals surface area contributed by atoms with Crippen molar-refractivity contribution in [1.82, 2.24) is 4.67 Å². The van der Waals surface area contributed by atoms with Gasteiger partial charge in [-0.25, -0.2) is 0 Å². The summed E-state index contributed by atoms with van der Waals surface area (Å²) in [5, 5.41) is 5.06. The molecule has 0 aliphatic heterocycles. The fourth-order valence-electron chi connectivity index (χ4n) is 2.37. The lowest BCUT2D eigenvalue weighted by atomic mass is 10.1. The molecule has 20 heavy (non-hydrogen) atoms. The van der Waals surface area contributed by atoms with Crippen LogP contribution < -0.4 is 0 Å². The molecular formula is C15H25ClNO2P. The number of benzene rings is 1. The summed E-state index contributed by atoms with van der Waals surface area (Å²) in [7, 11) is -0.652. The van der Waals surface area contributed by atoms with E-state index in [-0.39, 0.29) is 6.61 Å². The van der Waals surface area contributed by atoms with Gasteiger partial charge in [0.25, 0.3) is 0 Å². The van der Waals surface area contributed by atoms with Crippen LogP contribution in [0.2, 0.25) is 5.02 Å². The summed E-state index contributed by atoms with van der Waals surface area (Å²) in [6, 6.07) is 6.58. The number of aliphatic hydroxyl groups is 1. The van der Waals surface area contributed by atoms with Crippen molar-refractivity contribution in [1.29, 1.82) is 1.43 Å². The number of rotatable bonds is 8. The van der Waals surface area contributed by atoms with Crippen LogP contribution in [0.3, 0.4) is 0 Å². The smallest absolute Gasteiger partial charge is 0.211 e. The predicted octanol–water partition coefficient (Wildman–Crippen LogP) is 4.41. The predicted molar refractivity (Wildman–Crippen MR) is 87.1 cm³/mol. The fourth-order valence-corrected chi connectivity index (χ4v) is 4.42. The van der Waals surface area contributed by atoms with Gasteiger partial charge < -0.3 is 9.63 Å². The van der Waals surface area contributed by atoms with E-state index in [1.54, 1.807) is 0 Å². The topological polar surface area (TPSA) is 32.7 Å².